The third kappa shape index (κ3) is 3.70. The summed E-state index contributed by atoms with van der Waals surface area (Å²) in [6.45, 7) is 1.88. The molecular weight excluding hydrogens is 213 g/mol. The molecule has 0 rings (SSSR count). The van der Waals surface area contributed by atoms with Gasteiger partial charge in [0, 0.05) is 0 Å². The lowest BCUT2D eigenvalue weighted by atomic mass is 9.95. The number of unbranched alkanes of at least 4 members (excludes halogenated alkanes) is 3. The number of hydrogen-bond acceptors (Lipinski definition) is 2. The summed E-state index contributed by atoms with van der Waals surface area (Å²) in [6, 6.07) is 0. The van der Waals surface area contributed by atoms with E-state index in [0.29, 0.717) is 6.42 Å². The average molecular weight is 228 g/mol. The molecule has 15 heavy (non-hydrogen) atoms. The topological polar surface area (TPSA) is 57.5 Å². The Morgan fingerprint density at radius 2 is 1.73 bits per heavy atom. The zero-order valence-electron chi connectivity index (χ0n) is 8.47. The van der Waals surface area contributed by atoms with Gasteiger partial charge in [-0.15, -0.1) is 0 Å². The van der Waals surface area contributed by atoms with E-state index in [0.717, 1.165) is 12.8 Å². The van der Waals surface area contributed by atoms with Crippen LogP contribution in [0.5, 0.6) is 0 Å². The minimum Gasteiger partial charge on any atom is -0.479 e. The molecule has 0 spiro atoms. The Hall–Kier alpha value is -0.780. The molecule has 0 bridgehead atoms. The second-order valence-electron chi connectivity index (χ2n) is 3.47. The van der Waals surface area contributed by atoms with Crippen molar-refractivity contribution in [2.45, 2.75) is 50.8 Å². The van der Waals surface area contributed by atoms with Crippen molar-refractivity contribution in [2.24, 2.45) is 0 Å². The molecule has 2 N–H and O–H groups in total. The van der Waals surface area contributed by atoms with Crippen LogP contribution >= 0.6 is 0 Å². The average Bonchev–Trinajstić information content (AvgIpc) is 2.09. The fraction of sp³-hybridized carbons (Fsp3) is 0.889. The quantitative estimate of drug-likeness (QED) is 0.686. The van der Waals surface area contributed by atoms with Gasteiger partial charge in [-0.3, -0.25) is 0 Å². The number of carboxylic acids is 1. The molecule has 0 aliphatic carbocycles. The fourth-order valence-corrected chi connectivity index (χ4v) is 1.18. The van der Waals surface area contributed by atoms with Gasteiger partial charge in [-0.2, -0.15) is 13.2 Å². The van der Waals surface area contributed by atoms with E-state index in [1.807, 2.05) is 6.92 Å². The Labute approximate surface area is 85.9 Å². The molecule has 0 aliphatic heterocycles. The van der Waals surface area contributed by atoms with Gasteiger partial charge in [0.2, 0.25) is 0 Å². The Balaban J connectivity index is 4.35. The Bertz CT molecular complexity index is 215. The molecule has 0 aromatic heterocycles. The van der Waals surface area contributed by atoms with E-state index in [4.69, 9.17) is 10.2 Å². The van der Waals surface area contributed by atoms with E-state index in [-0.39, 0.29) is 6.42 Å². The molecule has 90 valence electrons. The molecular formula is C9H15F3O3. The maximum atomic E-state index is 12.2. The van der Waals surface area contributed by atoms with Crippen LogP contribution in [0.2, 0.25) is 0 Å². The van der Waals surface area contributed by atoms with E-state index in [2.05, 4.69) is 0 Å². The van der Waals surface area contributed by atoms with Gasteiger partial charge in [-0.1, -0.05) is 26.2 Å². The first-order valence-electron chi connectivity index (χ1n) is 4.78. The predicted molar refractivity (Wildman–Crippen MR) is 47.4 cm³/mol. The number of aliphatic hydroxyl groups is 1. The summed E-state index contributed by atoms with van der Waals surface area (Å²) in [5.74, 6) is -2.23. The summed E-state index contributed by atoms with van der Waals surface area (Å²) >= 11 is 0. The van der Waals surface area contributed by atoms with Crippen molar-refractivity contribution in [1.82, 2.24) is 0 Å². The van der Waals surface area contributed by atoms with Gasteiger partial charge in [0.25, 0.3) is 5.60 Å². The van der Waals surface area contributed by atoms with E-state index < -0.39 is 24.2 Å². The number of rotatable bonds is 6. The van der Waals surface area contributed by atoms with Crippen LogP contribution in [0.4, 0.5) is 13.2 Å². The number of alkyl halides is 3. The lowest BCUT2D eigenvalue weighted by Gasteiger charge is -2.25. The number of carbonyl (C=O) groups is 1. The van der Waals surface area contributed by atoms with E-state index >= 15 is 0 Å². The second kappa shape index (κ2) is 5.34. The standard InChI is InChI=1S/C9H15F3O3/c1-2-3-4-5-6-8(15,7(13)14)9(10,11)12/h15H,2-6H2,1H3,(H,13,14). The molecule has 6 heteroatoms. The van der Waals surface area contributed by atoms with Crippen LogP contribution in [0.15, 0.2) is 0 Å². The van der Waals surface area contributed by atoms with Crippen molar-refractivity contribution in [3.63, 3.8) is 0 Å². The molecule has 0 aromatic rings. The van der Waals surface area contributed by atoms with Crippen LogP contribution in [0.3, 0.4) is 0 Å². The Kier molecular flexibility index (Phi) is 5.07. The third-order valence-electron chi connectivity index (χ3n) is 2.21. The smallest absolute Gasteiger partial charge is 0.428 e. The SMILES string of the molecule is CCCCCCC(O)(C(=O)O)C(F)(F)F. The van der Waals surface area contributed by atoms with Gasteiger partial charge in [0.05, 0.1) is 0 Å². The monoisotopic (exact) mass is 228 g/mol. The molecule has 0 amide bonds. The first-order chi connectivity index (χ1) is 6.75. The highest BCUT2D eigenvalue weighted by atomic mass is 19.4. The molecule has 0 heterocycles. The van der Waals surface area contributed by atoms with Gasteiger partial charge in [0.15, 0.2) is 0 Å². The zero-order chi connectivity index (χ0) is 12.1. The van der Waals surface area contributed by atoms with Crippen molar-refractivity contribution in [3.8, 4) is 0 Å². The van der Waals surface area contributed by atoms with Gasteiger partial charge in [-0.25, -0.2) is 4.79 Å². The fourth-order valence-electron chi connectivity index (χ4n) is 1.18. The van der Waals surface area contributed by atoms with Crippen molar-refractivity contribution in [3.05, 3.63) is 0 Å². The molecule has 0 radical (unpaired) electrons. The van der Waals surface area contributed by atoms with Crippen LogP contribution in [0.25, 0.3) is 0 Å². The summed E-state index contributed by atoms with van der Waals surface area (Å²) < 4.78 is 36.7. The van der Waals surface area contributed by atoms with Gasteiger partial charge >= 0.3 is 12.1 Å². The largest absolute Gasteiger partial charge is 0.479 e. The number of carboxylic acid groups (broad SMARTS) is 1. The summed E-state index contributed by atoms with van der Waals surface area (Å²) in [4.78, 5) is 10.4. The number of halogens is 3. The number of hydrogen-bond donors (Lipinski definition) is 2. The molecule has 0 saturated heterocycles. The highest BCUT2D eigenvalue weighted by molar-refractivity contribution is 5.78. The number of aliphatic carboxylic acids is 1. The minimum atomic E-state index is -5.12. The maximum Gasteiger partial charge on any atom is 0.428 e. The molecule has 1 unspecified atom stereocenters. The summed E-state index contributed by atoms with van der Waals surface area (Å²) in [5, 5.41) is 17.4. The Morgan fingerprint density at radius 1 is 1.20 bits per heavy atom. The van der Waals surface area contributed by atoms with Crippen molar-refractivity contribution in [2.75, 3.05) is 0 Å². The maximum absolute atomic E-state index is 12.2. The summed E-state index contributed by atoms with van der Waals surface area (Å²) in [7, 11) is 0. The molecule has 0 saturated carbocycles. The van der Waals surface area contributed by atoms with Crippen molar-refractivity contribution in [1.29, 1.82) is 0 Å². The van der Waals surface area contributed by atoms with Crippen LogP contribution < -0.4 is 0 Å². The van der Waals surface area contributed by atoms with E-state index in [1.165, 1.54) is 0 Å². The van der Waals surface area contributed by atoms with Crippen LogP contribution in [-0.2, 0) is 4.79 Å². The van der Waals surface area contributed by atoms with Crippen LogP contribution in [0, 0.1) is 0 Å². The van der Waals surface area contributed by atoms with Gasteiger partial charge < -0.3 is 10.2 Å². The Morgan fingerprint density at radius 3 is 2.07 bits per heavy atom. The zero-order valence-corrected chi connectivity index (χ0v) is 8.47. The third-order valence-corrected chi connectivity index (χ3v) is 2.21. The van der Waals surface area contributed by atoms with Crippen molar-refractivity contribution < 1.29 is 28.2 Å². The summed E-state index contributed by atoms with van der Waals surface area (Å²) in [6.07, 6.45) is -3.81. The predicted octanol–water partition coefficient (Wildman–Crippen LogP) is 2.33. The van der Waals surface area contributed by atoms with E-state index in [1.54, 1.807) is 0 Å². The molecule has 3 nitrogen and oxygen atoms in total. The summed E-state index contributed by atoms with van der Waals surface area (Å²) in [5.41, 5.74) is -3.60. The molecule has 0 aliphatic rings. The van der Waals surface area contributed by atoms with Crippen LogP contribution in [-0.4, -0.2) is 28.0 Å². The normalized spacial score (nSPS) is 16.1. The second-order valence-corrected chi connectivity index (χ2v) is 3.47. The highest BCUT2D eigenvalue weighted by Crippen LogP contribution is 2.34. The first-order valence-corrected chi connectivity index (χ1v) is 4.78. The lowest BCUT2D eigenvalue weighted by Crippen LogP contribution is -2.51. The van der Waals surface area contributed by atoms with Gasteiger partial charge in [0.1, 0.15) is 0 Å². The first kappa shape index (κ1) is 14.2. The van der Waals surface area contributed by atoms with Crippen molar-refractivity contribution >= 4 is 5.97 Å². The molecule has 0 fully saturated rings. The van der Waals surface area contributed by atoms with Gasteiger partial charge in [-0.05, 0) is 12.8 Å². The molecule has 1 atom stereocenters. The van der Waals surface area contributed by atoms with Crippen LogP contribution in [0.1, 0.15) is 39.0 Å². The van der Waals surface area contributed by atoms with E-state index in [9.17, 15) is 18.0 Å². The molecule has 0 aromatic carbocycles. The lowest BCUT2D eigenvalue weighted by molar-refractivity contribution is -0.262. The highest BCUT2D eigenvalue weighted by Gasteiger charge is 2.59. The minimum absolute atomic E-state index is 0.0517.